The lowest BCUT2D eigenvalue weighted by molar-refractivity contribution is -0.133. The number of hydrogen-bond donors (Lipinski definition) is 2. The van der Waals surface area contributed by atoms with Crippen LogP contribution in [0.15, 0.2) is 48.5 Å². The molecule has 2 fully saturated rings. The van der Waals surface area contributed by atoms with E-state index in [1.807, 2.05) is 46.2 Å². The van der Waals surface area contributed by atoms with Gasteiger partial charge in [-0.1, -0.05) is 48.0 Å². The normalized spacial score (nSPS) is 16.8. The van der Waals surface area contributed by atoms with Crippen LogP contribution in [0.5, 0.6) is 0 Å². The van der Waals surface area contributed by atoms with Crippen LogP contribution in [-0.4, -0.2) is 53.4 Å². The highest BCUT2D eigenvalue weighted by molar-refractivity contribution is 6.31. The van der Waals surface area contributed by atoms with Gasteiger partial charge in [0.1, 0.15) is 5.84 Å². The summed E-state index contributed by atoms with van der Waals surface area (Å²) < 4.78 is 0. The Bertz CT molecular complexity index is 930. The molecule has 28 heavy (non-hydrogen) atoms. The summed E-state index contributed by atoms with van der Waals surface area (Å²) in [5.74, 6) is 0.917. The lowest BCUT2D eigenvalue weighted by Crippen LogP contribution is -2.51. The van der Waals surface area contributed by atoms with Crippen molar-refractivity contribution in [2.75, 3.05) is 26.2 Å². The summed E-state index contributed by atoms with van der Waals surface area (Å²) in [7, 11) is 0. The minimum atomic E-state index is 0.241. The standard InChI is InChI=1S/C22H23ClN4O/c23-17-5-3-4-16(14-17)20(24)18-6-1-2-7-19(18)21(25)26-10-12-27(13-11-26)22(28)15-8-9-15/h1-7,14-15,24-25H,8-13H2. The molecule has 6 heteroatoms. The first-order valence-electron chi connectivity index (χ1n) is 9.61. The molecule has 1 saturated carbocycles. The van der Waals surface area contributed by atoms with E-state index in [2.05, 4.69) is 0 Å². The summed E-state index contributed by atoms with van der Waals surface area (Å²) in [6.45, 7) is 2.61. The van der Waals surface area contributed by atoms with E-state index in [0.717, 1.165) is 24.0 Å². The van der Waals surface area contributed by atoms with Crippen LogP contribution in [0.2, 0.25) is 5.02 Å². The molecule has 1 aliphatic heterocycles. The fourth-order valence-electron chi connectivity index (χ4n) is 3.62. The molecule has 2 aromatic carbocycles. The number of piperazine rings is 1. The smallest absolute Gasteiger partial charge is 0.225 e. The average Bonchev–Trinajstić information content (AvgIpc) is 3.58. The Kier molecular flexibility index (Phi) is 5.18. The molecular weight excluding hydrogens is 372 g/mol. The van der Waals surface area contributed by atoms with Crippen molar-refractivity contribution >= 4 is 29.1 Å². The van der Waals surface area contributed by atoms with Gasteiger partial charge in [-0.15, -0.1) is 0 Å². The summed E-state index contributed by atoms with van der Waals surface area (Å²) >= 11 is 6.09. The average molecular weight is 395 g/mol. The third-order valence-corrected chi connectivity index (χ3v) is 5.63. The molecule has 2 aliphatic rings. The first kappa shape index (κ1) is 18.7. The number of nitrogens with one attached hydrogen (secondary N) is 2. The highest BCUT2D eigenvalue weighted by Crippen LogP contribution is 2.31. The van der Waals surface area contributed by atoms with Crippen molar-refractivity contribution in [1.82, 2.24) is 9.80 Å². The summed E-state index contributed by atoms with van der Waals surface area (Å²) in [6.07, 6.45) is 2.04. The SMILES string of the molecule is N=C(c1cccc(Cl)c1)c1ccccc1C(=N)N1CCN(C(=O)C2CC2)CC1. The van der Waals surface area contributed by atoms with Crippen molar-refractivity contribution < 1.29 is 4.79 Å². The van der Waals surface area contributed by atoms with Crippen molar-refractivity contribution in [3.63, 3.8) is 0 Å². The number of hydrogen-bond acceptors (Lipinski definition) is 3. The predicted molar refractivity (Wildman–Crippen MR) is 112 cm³/mol. The molecule has 2 aromatic rings. The number of rotatable bonds is 4. The van der Waals surface area contributed by atoms with Gasteiger partial charge in [0.05, 0.1) is 5.71 Å². The number of benzene rings is 2. The van der Waals surface area contributed by atoms with Gasteiger partial charge in [-0.25, -0.2) is 0 Å². The third-order valence-electron chi connectivity index (χ3n) is 5.40. The van der Waals surface area contributed by atoms with Gasteiger partial charge in [0.2, 0.25) is 5.91 Å². The quantitative estimate of drug-likeness (QED) is 0.614. The van der Waals surface area contributed by atoms with E-state index in [-0.39, 0.29) is 11.8 Å². The Morgan fingerprint density at radius 1 is 0.893 bits per heavy atom. The van der Waals surface area contributed by atoms with E-state index in [9.17, 15) is 4.79 Å². The van der Waals surface area contributed by atoms with Crippen molar-refractivity contribution in [2.24, 2.45) is 5.92 Å². The minimum absolute atomic E-state index is 0.241. The van der Waals surface area contributed by atoms with E-state index in [1.165, 1.54) is 0 Å². The second-order valence-electron chi connectivity index (χ2n) is 7.37. The summed E-state index contributed by atoms with van der Waals surface area (Å²) in [4.78, 5) is 16.2. The number of carbonyl (C=O) groups is 1. The van der Waals surface area contributed by atoms with Crippen LogP contribution in [0, 0.1) is 16.7 Å². The Morgan fingerprint density at radius 3 is 2.18 bits per heavy atom. The van der Waals surface area contributed by atoms with E-state index < -0.39 is 0 Å². The minimum Gasteiger partial charge on any atom is -0.353 e. The number of halogens is 1. The summed E-state index contributed by atoms with van der Waals surface area (Å²) in [5.41, 5.74) is 2.53. The molecule has 1 amide bonds. The highest BCUT2D eigenvalue weighted by atomic mass is 35.5. The zero-order valence-electron chi connectivity index (χ0n) is 15.6. The van der Waals surface area contributed by atoms with Crippen LogP contribution in [0.1, 0.15) is 29.5 Å². The molecule has 1 aliphatic carbocycles. The van der Waals surface area contributed by atoms with Crippen molar-refractivity contribution in [3.8, 4) is 0 Å². The molecule has 0 spiro atoms. The highest BCUT2D eigenvalue weighted by Gasteiger charge is 2.35. The molecular formula is C22H23ClN4O. The molecule has 0 unspecified atom stereocenters. The molecule has 144 valence electrons. The second-order valence-corrected chi connectivity index (χ2v) is 7.80. The molecule has 4 rings (SSSR count). The van der Waals surface area contributed by atoms with Crippen LogP contribution in [0.3, 0.4) is 0 Å². The van der Waals surface area contributed by atoms with Gasteiger partial charge >= 0.3 is 0 Å². The maximum atomic E-state index is 12.2. The Balaban J connectivity index is 1.51. The van der Waals surface area contributed by atoms with Crippen LogP contribution >= 0.6 is 11.6 Å². The Labute approximate surface area is 169 Å². The topological polar surface area (TPSA) is 71.2 Å². The first-order valence-corrected chi connectivity index (χ1v) is 9.99. The molecule has 1 saturated heterocycles. The van der Waals surface area contributed by atoms with Gasteiger partial charge in [-0.2, -0.15) is 0 Å². The zero-order valence-corrected chi connectivity index (χ0v) is 16.4. The van der Waals surface area contributed by atoms with Crippen LogP contribution in [0.4, 0.5) is 0 Å². The van der Waals surface area contributed by atoms with Gasteiger partial charge in [-0.3, -0.25) is 15.6 Å². The Morgan fingerprint density at radius 2 is 1.54 bits per heavy atom. The van der Waals surface area contributed by atoms with Crippen LogP contribution in [0.25, 0.3) is 0 Å². The second kappa shape index (κ2) is 7.76. The maximum Gasteiger partial charge on any atom is 0.225 e. The lowest BCUT2D eigenvalue weighted by Gasteiger charge is -2.36. The van der Waals surface area contributed by atoms with Crippen LogP contribution in [-0.2, 0) is 4.79 Å². The molecule has 0 radical (unpaired) electrons. The van der Waals surface area contributed by atoms with E-state index in [1.54, 1.807) is 12.1 Å². The fourth-order valence-corrected chi connectivity index (χ4v) is 3.81. The zero-order chi connectivity index (χ0) is 19.7. The number of amidine groups is 1. The molecule has 5 nitrogen and oxygen atoms in total. The molecule has 0 aromatic heterocycles. The Hall–Kier alpha value is -2.66. The van der Waals surface area contributed by atoms with Gasteiger partial charge < -0.3 is 9.80 Å². The van der Waals surface area contributed by atoms with E-state index in [0.29, 0.717) is 48.3 Å². The summed E-state index contributed by atoms with van der Waals surface area (Å²) in [6, 6.07) is 14.8. The molecule has 1 heterocycles. The van der Waals surface area contributed by atoms with Crippen molar-refractivity contribution in [1.29, 1.82) is 10.8 Å². The van der Waals surface area contributed by atoms with E-state index >= 15 is 0 Å². The lowest BCUT2D eigenvalue weighted by atomic mass is 9.96. The molecule has 0 atom stereocenters. The van der Waals surface area contributed by atoms with Gasteiger partial charge in [0, 0.05) is 53.8 Å². The largest absolute Gasteiger partial charge is 0.353 e. The monoisotopic (exact) mass is 394 g/mol. The number of nitrogens with zero attached hydrogens (tertiary/aromatic N) is 2. The summed E-state index contributed by atoms with van der Waals surface area (Å²) in [5, 5.41) is 18.0. The maximum absolute atomic E-state index is 12.2. The molecule has 0 bridgehead atoms. The number of amides is 1. The van der Waals surface area contributed by atoms with Crippen LogP contribution < -0.4 is 0 Å². The van der Waals surface area contributed by atoms with Crippen molar-refractivity contribution in [3.05, 3.63) is 70.2 Å². The molecule has 2 N–H and O–H groups in total. The number of carbonyl (C=O) groups excluding carboxylic acids is 1. The first-order chi connectivity index (χ1) is 13.5. The fraction of sp³-hybridized carbons (Fsp3) is 0.318. The third kappa shape index (κ3) is 3.80. The van der Waals surface area contributed by atoms with Crippen molar-refractivity contribution in [2.45, 2.75) is 12.8 Å². The predicted octanol–water partition coefficient (Wildman–Crippen LogP) is 3.64. The van der Waals surface area contributed by atoms with E-state index in [4.69, 9.17) is 22.4 Å². The van der Waals surface area contributed by atoms with Gasteiger partial charge in [0.25, 0.3) is 0 Å². The van der Waals surface area contributed by atoms with Gasteiger partial charge in [0.15, 0.2) is 0 Å². The van der Waals surface area contributed by atoms with Gasteiger partial charge in [-0.05, 0) is 25.0 Å².